The van der Waals surface area contributed by atoms with Crippen molar-refractivity contribution in [3.8, 4) is 0 Å². The average molecular weight is 504 g/mol. The third-order valence-electron chi connectivity index (χ3n) is 6.03. The zero-order valence-corrected chi connectivity index (χ0v) is 24.0. The van der Waals surface area contributed by atoms with Crippen LogP contribution in [0.15, 0.2) is 18.2 Å². The fourth-order valence-corrected chi connectivity index (χ4v) is 4.14. The number of hydrogen-bond donors (Lipinski definition) is 2. The van der Waals surface area contributed by atoms with Crippen LogP contribution in [0.4, 0.5) is 4.79 Å². The van der Waals surface area contributed by atoms with Crippen LogP contribution in [-0.2, 0) is 14.3 Å². The van der Waals surface area contributed by atoms with E-state index < -0.39 is 17.7 Å². The first kappa shape index (κ1) is 31.5. The van der Waals surface area contributed by atoms with Gasteiger partial charge in [0.2, 0.25) is 11.8 Å². The molecule has 0 saturated carbocycles. The standard InChI is InChI=1S/C29H49N3O4/c1-10-11-12-17-30-27(34)26(24-16-14-21(4)18-22(24)5)32(23(6)15-13-20(2)3)25(33)19-31-28(35)36-29(7,8)9/h14,16,18,20,23,26H,10-13,15,17,19H2,1-9H3,(H,30,34)(H,31,35). The molecule has 2 N–H and O–H groups in total. The van der Waals surface area contributed by atoms with Crippen molar-refractivity contribution in [3.63, 3.8) is 0 Å². The molecule has 0 aliphatic carbocycles. The molecule has 0 spiro atoms. The van der Waals surface area contributed by atoms with Gasteiger partial charge in [-0.2, -0.15) is 0 Å². The van der Waals surface area contributed by atoms with E-state index in [9.17, 15) is 14.4 Å². The number of benzene rings is 1. The third kappa shape index (κ3) is 11.0. The SMILES string of the molecule is CCCCCNC(=O)C(c1ccc(C)cc1C)N(C(=O)CNC(=O)OC(C)(C)C)C(C)CCC(C)C. The molecule has 3 amide bonds. The van der Waals surface area contributed by atoms with Gasteiger partial charge in [-0.25, -0.2) is 4.79 Å². The van der Waals surface area contributed by atoms with E-state index in [0.717, 1.165) is 48.8 Å². The van der Waals surface area contributed by atoms with Crippen molar-refractivity contribution < 1.29 is 19.1 Å². The number of unbranched alkanes of at least 4 members (excludes halogenated alkanes) is 2. The van der Waals surface area contributed by atoms with E-state index in [1.807, 2.05) is 39.0 Å². The number of rotatable bonds is 13. The summed E-state index contributed by atoms with van der Waals surface area (Å²) >= 11 is 0. The molecule has 7 heteroatoms. The molecule has 0 aliphatic heterocycles. The summed E-state index contributed by atoms with van der Waals surface area (Å²) in [5.74, 6) is -0.0439. The number of hydrogen-bond acceptors (Lipinski definition) is 4. The second-order valence-corrected chi connectivity index (χ2v) is 11.2. The largest absolute Gasteiger partial charge is 0.444 e. The smallest absolute Gasteiger partial charge is 0.408 e. The Morgan fingerprint density at radius 1 is 1.00 bits per heavy atom. The summed E-state index contributed by atoms with van der Waals surface area (Å²) in [4.78, 5) is 41.2. The fraction of sp³-hybridized carbons (Fsp3) is 0.690. The second-order valence-electron chi connectivity index (χ2n) is 11.2. The van der Waals surface area contributed by atoms with Crippen LogP contribution in [0.25, 0.3) is 0 Å². The number of nitrogens with zero attached hydrogens (tertiary/aromatic N) is 1. The van der Waals surface area contributed by atoms with E-state index in [4.69, 9.17) is 4.74 Å². The van der Waals surface area contributed by atoms with E-state index in [0.29, 0.717) is 12.5 Å². The molecule has 0 fully saturated rings. The molecule has 204 valence electrons. The van der Waals surface area contributed by atoms with Crippen LogP contribution in [-0.4, -0.2) is 47.5 Å². The molecule has 0 saturated heterocycles. The third-order valence-corrected chi connectivity index (χ3v) is 6.03. The number of carbonyl (C=O) groups is 3. The maximum absolute atomic E-state index is 13.6. The minimum atomic E-state index is -0.790. The van der Waals surface area contributed by atoms with Crippen LogP contribution in [0.3, 0.4) is 0 Å². The van der Waals surface area contributed by atoms with Crippen LogP contribution in [0.5, 0.6) is 0 Å². The summed E-state index contributed by atoms with van der Waals surface area (Å²) in [5, 5.41) is 5.65. The van der Waals surface area contributed by atoms with Crippen molar-refractivity contribution in [3.05, 3.63) is 34.9 Å². The van der Waals surface area contributed by atoms with Gasteiger partial charge in [0.05, 0.1) is 0 Å². The summed E-state index contributed by atoms with van der Waals surface area (Å²) in [6.07, 6.45) is 3.99. The van der Waals surface area contributed by atoms with E-state index in [-0.39, 0.29) is 24.4 Å². The van der Waals surface area contributed by atoms with Crippen LogP contribution >= 0.6 is 0 Å². The number of nitrogens with one attached hydrogen (secondary N) is 2. The summed E-state index contributed by atoms with van der Waals surface area (Å²) in [6.45, 7) is 18.0. The highest BCUT2D eigenvalue weighted by Gasteiger charge is 2.35. The molecule has 0 heterocycles. The Labute approximate surface area is 218 Å². The van der Waals surface area contributed by atoms with Crippen molar-refractivity contribution in [1.29, 1.82) is 0 Å². The van der Waals surface area contributed by atoms with E-state index in [1.165, 1.54) is 0 Å². The molecule has 0 aromatic heterocycles. The van der Waals surface area contributed by atoms with Crippen molar-refractivity contribution in [2.24, 2.45) is 5.92 Å². The minimum Gasteiger partial charge on any atom is -0.444 e. The summed E-state index contributed by atoms with van der Waals surface area (Å²) in [7, 11) is 0. The lowest BCUT2D eigenvalue weighted by atomic mass is 9.94. The molecule has 2 unspecified atom stereocenters. The van der Waals surface area contributed by atoms with Crippen LogP contribution in [0, 0.1) is 19.8 Å². The van der Waals surface area contributed by atoms with Crippen molar-refractivity contribution in [2.75, 3.05) is 13.1 Å². The van der Waals surface area contributed by atoms with Gasteiger partial charge in [0.15, 0.2) is 0 Å². The lowest BCUT2D eigenvalue weighted by Gasteiger charge is -2.37. The average Bonchev–Trinajstić information content (AvgIpc) is 2.76. The quantitative estimate of drug-likeness (QED) is 0.332. The number of ether oxygens (including phenoxy) is 1. The van der Waals surface area contributed by atoms with Gasteiger partial charge >= 0.3 is 6.09 Å². The normalized spacial score (nSPS) is 13.2. The molecule has 0 radical (unpaired) electrons. The lowest BCUT2D eigenvalue weighted by Crippen LogP contribution is -2.51. The zero-order valence-electron chi connectivity index (χ0n) is 24.0. The number of carbonyl (C=O) groups excluding carboxylic acids is 3. The molecule has 7 nitrogen and oxygen atoms in total. The van der Waals surface area contributed by atoms with Crippen molar-refractivity contribution in [2.45, 2.75) is 112 Å². The Hall–Kier alpha value is -2.57. The molecule has 1 aromatic carbocycles. The number of amides is 3. The van der Waals surface area contributed by atoms with Crippen LogP contribution in [0.1, 0.15) is 103 Å². The van der Waals surface area contributed by atoms with Crippen molar-refractivity contribution in [1.82, 2.24) is 15.5 Å². The summed E-state index contributed by atoms with van der Waals surface area (Å²) < 4.78 is 5.31. The van der Waals surface area contributed by atoms with Crippen LogP contribution < -0.4 is 10.6 Å². The highest BCUT2D eigenvalue weighted by Crippen LogP contribution is 2.29. The van der Waals surface area contributed by atoms with E-state index >= 15 is 0 Å². The molecule has 1 aromatic rings. The predicted molar refractivity (Wildman–Crippen MR) is 146 cm³/mol. The molecule has 1 rings (SSSR count). The van der Waals surface area contributed by atoms with E-state index in [2.05, 4.69) is 31.4 Å². The molecule has 0 aliphatic rings. The highest BCUT2D eigenvalue weighted by molar-refractivity contribution is 5.91. The fourth-order valence-electron chi connectivity index (χ4n) is 4.14. The lowest BCUT2D eigenvalue weighted by molar-refractivity contribution is -0.142. The van der Waals surface area contributed by atoms with Gasteiger partial charge in [-0.05, 0) is 77.8 Å². The van der Waals surface area contributed by atoms with Crippen LogP contribution in [0.2, 0.25) is 0 Å². The Kier molecular flexibility index (Phi) is 13.0. The first-order valence-electron chi connectivity index (χ1n) is 13.4. The van der Waals surface area contributed by atoms with Gasteiger partial charge < -0.3 is 20.3 Å². The molecular weight excluding hydrogens is 454 g/mol. The number of alkyl carbamates (subject to hydrolysis) is 1. The number of aryl methyl sites for hydroxylation is 2. The first-order chi connectivity index (χ1) is 16.8. The Bertz CT molecular complexity index is 861. The van der Waals surface area contributed by atoms with E-state index in [1.54, 1.807) is 25.7 Å². The molecule has 0 bridgehead atoms. The van der Waals surface area contributed by atoms with Gasteiger partial charge in [0.25, 0.3) is 0 Å². The predicted octanol–water partition coefficient (Wildman–Crippen LogP) is 5.83. The van der Waals surface area contributed by atoms with Crippen molar-refractivity contribution >= 4 is 17.9 Å². The van der Waals surface area contributed by atoms with Gasteiger partial charge in [0, 0.05) is 12.6 Å². The Morgan fingerprint density at radius 3 is 2.22 bits per heavy atom. The maximum Gasteiger partial charge on any atom is 0.408 e. The molecule has 2 atom stereocenters. The van der Waals surface area contributed by atoms with Gasteiger partial charge in [0.1, 0.15) is 18.2 Å². The topological polar surface area (TPSA) is 87.7 Å². The van der Waals surface area contributed by atoms with Gasteiger partial charge in [-0.15, -0.1) is 0 Å². The second kappa shape index (κ2) is 14.9. The minimum absolute atomic E-state index is 0.194. The summed E-state index contributed by atoms with van der Waals surface area (Å²) in [5.41, 5.74) is 2.18. The Balaban J connectivity index is 3.35. The maximum atomic E-state index is 13.6. The monoisotopic (exact) mass is 503 g/mol. The zero-order chi connectivity index (χ0) is 27.5. The first-order valence-corrected chi connectivity index (χ1v) is 13.4. The molecular formula is C29H49N3O4. The highest BCUT2D eigenvalue weighted by atomic mass is 16.6. The Morgan fingerprint density at radius 2 is 1.67 bits per heavy atom. The van der Waals surface area contributed by atoms with Gasteiger partial charge in [-0.1, -0.05) is 57.4 Å². The van der Waals surface area contributed by atoms with Gasteiger partial charge in [-0.3, -0.25) is 9.59 Å². The molecule has 36 heavy (non-hydrogen) atoms. The summed E-state index contributed by atoms with van der Waals surface area (Å²) in [6, 6.07) is 4.96.